The number of aromatic nitrogens is 3. The number of benzene rings is 1. The van der Waals surface area contributed by atoms with E-state index in [0.29, 0.717) is 10.0 Å². The summed E-state index contributed by atoms with van der Waals surface area (Å²) in [7, 11) is 0. The second kappa shape index (κ2) is 8.49. The normalized spacial score (nSPS) is 11.0. The highest BCUT2D eigenvalue weighted by atomic mass is 35.5. The van der Waals surface area contributed by atoms with Gasteiger partial charge in [-0.25, -0.2) is 0 Å². The van der Waals surface area contributed by atoms with Crippen LogP contribution in [0.4, 0.5) is 0 Å². The molecular formula is C18H17Cl2N3S2. The zero-order valence-electron chi connectivity index (χ0n) is 13.9. The van der Waals surface area contributed by atoms with Crippen molar-refractivity contribution in [2.45, 2.75) is 41.0 Å². The molecule has 0 atom stereocenters. The van der Waals surface area contributed by atoms with Crippen LogP contribution in [0.3, 0.4) is 0 Å². The quantitative estimate of drug-likeness (QED) is 0.443. The molecule has 0 aliphatic rings. The lowest BCUT2D eigenvalue weighted by atomic mass is 10.3. The molecule has 0 saturated heterocycles. The van der Waals surface area contributed by atoms with E-state index in [9.17, 15) is 0 Å². The maximum Gasteiger partial charge on any atom is 0.103 e. The van der Waals surface area contributed by atoms with Gasteiger partial charge in [0.05, 0.1) is 5.69 Å². The minimum atomic E-state index is 0.639. The first kappa shape index (κ1) is 18.6. The summed E-state index contributed by atoms with van der Waals surface area (Å²) in [6, 6.07) is 9.63. The minimum absolute atomic E-state index is 0.639. The number of halogens is 2. The molecule has 3 rings (SSSR count). The summed E-state index contributed by atoms with van der Waals surface area (Å²) in [5, 5.41) is 7.10. The third-order valence-corrected chi connectivity index (χ3v) is 6.13. The van der Waals surface area contributed by atoms with Crippen LogP contribution in [0.15, 0.2) is 57.5 Å². The fourth-order valence-electron chi connectivity index (χ4n) is 2.38. The number of nitrogens with zero attached hydrogens (tertiary/aromatic N) is 3. The Balaban J connectivity index is 1.89. The summed E-state index contributed by atoms with van der Waals surface area (Å²) in [6.07, 6.45) is 3.67. The number of hydrogen-bond acceptors (Lipinski definition) is 4. The van der Waals surface area contributed by atoms with E-state index in [2.05, 4.69) is 30.0 Å². The predicted molar refractivity (Wildman–Crippen MR) is 107 cm³/mol. The van der Waals surface area contributed by atoms with Crippen LogP contribution in [0.1, 0.15) is 18.2 Å². The zero-order valence-corrected chi connectivity index (χ0v) is 17.0. The Morgan fingerprint density at radius 1 is 1.12 bits per heavy atom. The summed E-state index contributed by atoms with van der Waals surface area (Å²) in [5.74, 6) is 0.841. The van der Waals surface area contributed by atoms with Crippen LogP contribution in [0.2, 0.25) is 10.0 Å². The van der Waals surface area contributed by atoms with E-state index in [4.69, 9.17) is 23.2 Å². The van der Waals surface area contributed by atoms with Crippen LogP contribution < -0.4 is 0 Å². The van der Waals surface area contributed by atoms with Crippen molar-refractivity contribution >= 4 is 46.7 Å². The molecule has 3 aromatic rings. The van der Waals surface area contributed by atoms with Gasteiger partial charge in [0.25, 0.3) is 0 Å². The van der Waals surface area contributed by atoms with Crippen LogP contribution in [-0.2, 0) is 12.3 Å². The number of pyridine rings is 1. The lowest BCUT2D eigenvalue weighted by molar-refractivity contribution is 0.600. The van der Waals surface area contributed by atoms with Gasteiger partial charge in [-0.1, -0.05) is 35.0 Å². The molecular weight excluding hydrogens is 393 g/mol. The van der Waals surface area contributed by atoms with Crippen molar-refractivity contribution in [3.05, 3.63) is 64.0 Å². The first-order valence-electron chi connectivity index (χ1n) is 7.80. The van der Waals surface area contributed by atoms with Gasteiger partial charge >= 0.3 is 0 Å². The Labute approximate surface area is 166 Å². The van der Waals surface area contributed by atoms with Crippen LogP contribution in [0.5, 0.6) is 0 Å². The van der Waals surface area contributed by atoms with Gasteiger partial charge in [-0.2, -0.15) is 5.10 Å². The van der Waals surface area contributed by atoms with Crippen molar-refractivity contribution in [2.75, 3.05) is 0 Å². The number of rotatable bonds is 6. The van der Waals surface area contributed by atoms with Gasteiger partial charge < -0.3 is 0 Å². The molecule has 25 heavy (non-hydrogen) atoms. The van der Waals surface area contributed by atoms with E-state index < -0.39 is 0 Å². The smallest absolute Gasteiger partial charge is 0.103 e. The molecule has 0 N–H and O–H groups in total. The standard InChI is InChI=1S/C18H17Cl2N3S2/c1-3-23-18(25-16-8-13(19)7-14(20)9-16)17(12(2)22-23)11-24-15-5-4-6-21-10-15/h4-10H,3,11H2,1-2H3. The fourth-order valence-corrected chi connectivity index (χ4v) is 5.31. The van der Waals surface area contributed by atoms with Crippen LogP contribution in [0, 0.1) is 6.92 Å². The van der Waals surface area contributed by atoms with Gasteiger partial charge in [-0.15, -0.1) is 11.8 Å². The number of hydrogen-bond donors (Lipinski definition) is 0. The molecule has 0 aliphatic carbocycles. The summed E-state index contributed by atoms with van der Waals surface area (Å²) < 4.78 is 2.04. The molecule has 2 aromatic heterocycles. The Kier molecular flexibility index (Phi) is 6.34. The van der Waals surface area contributed by atoms with E-state index in [0.717, 1.165) is 32.8 Å². The van der Waals surface area contributed by atoms with E-state index in [1.54, 1.807) is 35.8 Å². The maximum absolute atomic E-state index is 6.14. The number of aryl methyl sites for hydroxylation is 2. The minimum Gasteiger partial charge on any atom is -0.264 e. The molecule has 0 bridgehead atoms. The lowest BCUT2D eigenvalue weighted by Gasteiger charge is -2.09. The molecule has 130 valence electrons. The molecule has 0 saturated carbocycles. The van der Waals surface area contributed by atoms with Crippen LogP contribution >= 0.6 is 46.7 Å². The molecule has 1 aromatic carbocycles. The van der Waals surface area contributed by atoms with Crippen molar-refractivity contribution in [2.24, 2.45) is 0 Å². The Morgan fingerprint density at radius 3 is 2.52 bits per heavy atom. The molecule has 0 spiro atoms. The zero-order chi connectivity index (χ0) is 17.8. The van der Waals surface area contributed by atoms with Crippen LogP contribution in [-0.4, -0.2) is 14.8 Å². The van der Waals surface area contributed by atoms with Crippen molar-refractivity contribution in [3.63, 3.8) is 0 Å². The van der Waals surface area contributed by atoms with Crippen molar-refractivity contribution in [3.8, 4) is 0 Å². The van der Waals surface area contributed by atoms with Gasteiger partial charge in [0.2, 0.25) is 0 Å². The second-order valence-corrected chi connectivity index (χ2v) is 8.35. The third kappa shape index (κ3) is 4.73. The highest BCUT2D eigenvalue weighted by Gasteiger charge is 2.16. The van der Waals surface area contributed by atoms with Gasteiger partial charge in [0.15, 0.2) is 0 Å². The molecule has 0 unspecified atom stereocenters. The monoisotopic (exact) mass is 409 g/mol. The average Bonchev–Trinajstić information content (AvgIpc) is 2.88. The summed E-state index contributed by atoms with van der Waals surface area (Å²) in [5.41, 5.74) is 2.28. The first-order valence-corrected chi connectivity index (χ1v) is 10.4. The van der Waals surface area contributed by atoms with E-state index in [-0.39, 0.29) is 0 Å². The largest absolute Gasteiger partial charge is 0.264 e. The van der Waals surface area contributed by atoms with E-state index in [1.165, 1.54) is 5.56 Å². The third-order valence-electron chi connectivity index (χ3n) is 3.57. The predicted octanol–water partition coefficient (Wildman–Crippen LogP) is 6.36. The van der Waals surface area contributed by atoms with Gasteiger partial charge in [0.1, 0.15) is 5.03 Å². The summed E-state index contributed by atoms with van der Waals surface area (Å²) in [4.78, 5) is 6.33. The fraction of sp³-hybridized carbons (Fsp3) is 0.222. The highest BCUT2D eigenvalue weighted by molar-refractivity contribution is 8.00. The maximum atomic E-state index is 6.14. The molecule has 0 radical (unpaired) electrons. The topological polar surface area (TPSA) is 30.7 Å². The Bertz CT molecular complexity index is 846. The van der Waals surface area contributed by atoms with Crippen LogP contribution in [0.25, 0.3) is 0 Å². The average molecular weight is 410 g/mol. The molecule has 0 fully saturated rings. The Hall–Kier alpha value is -1.14. The van der Waals surface area contributed by atoms with E-state index >= 15 is 0 Å². The second-order valence-electron chi connectivity index (χ2n) is 5.37. The number of thioether (sulfide) groups is 1. The molecule has 3 nitrogen and oxygen atoms in total. The highest BCUT2D eigenvalue weighted by Crippen LogP contribution is 2.37. The Morgan fingerprint density at radius 2 is 1.88 bits per heavy atom. The van der Waals surface area contributed by atoms with Gasteiger partial charge in [0, 0.05) is 50.1 Å². The molecule has 7 heteroatoms. The van der Waals surface area contributed by atoms with Gasteiger partial charge in [-0.3, -0.25) is 9.67 Å². The first-order chi connectivity index (χ1) is 12.1. The molecule has 0 amide bonds. The lowest BCUT2D eigenvalue weighted by Crippen LogP contribution is -1.98. The summed E-state index contributed by atoms with van der Waals surface area (Å²) >= 11 is 15.7. The SMILES string of the molecule is CCn1nc(C)c(CSc2cccnc2)c1Sc1cc(Cl)cc(Cl)c1. The van der Waals surface area contributed by atoms with Crippen molar-refractivity contribution in [1.29, 1.82) is 0 Å². The van der Waals surface area contributed by atoms with Crippen molar-refractivity contribution in [1.82, 2.24) is 14.8 Å². The molecule has 2 heterocycles. The van der Waals surface area contributed by atoms with Gasteiger partial charge in [-0.05, 0) is 44.2 Å². The summed E-state index contributed by atoms with van der Waals surface area (Å²) in [6.45, 7) is 4.97. The van der Waals surface area contributed by atoms with E-state index in [1.807, 2.05) is 29.1 Å². The molecule has 0 aliphatic heterocycles. The van der Waals surface area contributed by atoms with Crippen molar-refractivity contribution < 1.29 is 0 Å².